The lowest BCUT2D eigenvalue weighted by Crippen LogP contribution is -2.26. The second-order valence-corrected chi connectivity index (χ2v) is 4.48. The van der Waals surface area contributed by atoms with E-state index in [0.29, 0.717) is 31.3 Å². The summed E-state index contributed by atoms with van der Waals surface area (Å²) in [5.41, 5.74) is 1.06. The fourth-order valence-electron chi connectivity index (χ4n) is 2.03. The van der Waals surface area contributed by atoms with E-state index < -0.39 is 0 Å². The average molecular weight is 277 g/mol. The van der Waals surface area contributed by atoms with Crippen molar-refractivity contribution in [2.24, 2.45) is 0 Å². The van der Waals surface area contributed by atoms with Crippen molar-refractivity contribution in [3.8, 4) is 5.75 Å². The lowest BCUT2D eigenvalue weighted by atomic mass is 10.2. The Morgan fingerprint density at radius 2 is 2.10 bits per heavy atom. The first kappa shape index (κ1) is 14.5. The standard InChI is InChI=1S/C14H19N3O3/c1-11-15-14(20-16-11)10-17(7-8-18)9-12-5-3-4-6-13(12)19-2/h3-6,18H,7-10H2,1-2H3. The number of nitrogens with zero attached hydrogens (tertiary/aromatic N) is 3. The molecule has 0 spiro atoms. The number of para-hydroxylation sites is 1. The van der Waals surface area contributed by atoms with E-state index in [1.54, 1.807) is 14.0 Å². The topological polar surface area (TPSA) is 71.6 Å². The first-order valence-electron chi connectivity index (χ1n) is 6.47. The minimum Gasteiger partial charge on any atom is -0.496 e. The first-order chi connectivity index (χ1) is 9.72. The fourth-order valence-corrected chi connectivity index (χ4v) is 2.03. The van der Waals surface area contributed by atoms with E-state index >= 15 is 0 Å². The number of aliphatic hydroxyl groups excluding tert-OH is 1. The van der Waals surface area contributed by atoms with Crippen LogP contribution in [0.3, 0.4) is 0 Å². The summed E-state index contributed by atoms with van der Waals surface area (Å²) in [6.07, 6.45) is 0. The second-order valence-electron chi connectivity index (χ2n) is 4.48. The zero-order valence-electron chi connectivity index (χ0n) is 11.7. The summed E-state index contributed by atoms with van der Waals surface area (Å²) in [6, 6.07) is 7.82. The van der Waals surface area contributed by atoms with Crippen LogP contribution in [0.5, 0.6) is 5.75 Å². The summed E-state index contributed by atoms with van der Waals surface area (Å²) in [5.74, 6) is 1.99. The molecule has 0 fully saturated rings. The molecule has 6 nitrogen and oxygen atoms in total. The Morgan fingerprint density at radius 3 is 2.75 bits per heavy atom. The predicted molar refractivity (Wildman–Crippen MR) is 73.2 cm³/mol. The van der Waals surface area contributed by atoms with Crippen molar-refractivity contribution in [2.45, 2.75) is 20.0 Å². The molecule has 108 valence electrons. The summed E-state index contributed by atoms with van der Waals surface area (Å²) in [5, 5.41) is 13.0. The van der Waals surface area contributed by atoms with E-state index in [1.165, 1.54) is 0 Å². The SMILES string of the molecule is COc1ccccc1CN(CCO)Cc1nc(C)no1. The van der Waals surface area contributed by atoms with Gasteiger partial charge in [0.05, 0.1) is 20.3 Å². The molecule has 0 aliphatic heterocycles. The minimum atomic E-state index is 0.0717. The zero-order valence-corrected chi connectivity index (χ0v) is 11.7. The Labute approximate surface area is 118 Å². The molecular formula is C14H19N3O3. The number of aliphatic hydroxyl groups is 1. The number of aryl methyl sites for hydroxylation is 1. The third-order valence-corrected chi connectivity index (χ3v) is 2.93. The Kier molecular flexibility index (Phi) is 5.09. The zero-order chi connectivity index (χ0) is 14.4. The van der Waals surface area contributed by atoms with Crippen LogP contribution in [0.25, 0.3) is 0 Å². The smallest absolute Gasteiger partial charge is 0.240 e. The number of methoxy groups -OCH3 is 1. The van der Waals surface area contributed by atoms with Gasteiger partial charge in [-0.05, 0) is 13.0 Å². The summed E-state index contributed by atoms with van der Waals surface area (Å²) in [4.78, 5) is 6.22. The van der Waals surface area contributed by atoms with Gasteiger partial charge >= 0.3 is 0 Å². The highest BCUT2D eigenvalue weighted by atomic mass is 16.5. The molecule has 0 saturated heterocycles. The second kappa shape index (κ2) is 7.02. The van der Waals surface area contributed by atoms with Crippen molar-refractivity contribution in [3.05, 3.63) is 41.5 Å². The number of hydrogen-bond donors (Lipinski definition) is 1. The molecule has 1 heterocycles. The maximum absolute atomic E-state index is 9.18. The van der Waals surface area contributed by atoms with Crippen LogP contribution in [0.15, 0.2) is 28.8 Å². The van der Waals surface area contributed by atoms with Gasteiger partial charge in [-0.15, -0.1) is 0 Å². The monoisotopic (exact) mass is 277 g/mol. The predicted octanol–water partition coefficient (Wildman–Crippen LogP) is 1.38. The van der Waals surface area contributed by atoms with Crippen molar-refractivity contribution >= 4 is 0 Å². The number of hydrogen-bond acceptors (Lipinski definition) is 6. The van der Waals surface area contributed by atoms with Crippen molar-refractivity contribution in [3.63, 3.8) is 0 Å². The molecule has 0 amide bonds. The number of aromatic nitrogens is 2. The van der Waals surface area contributed by atoms with E-state index in [9.17, 15) is 5.11 Å². The molecular weight excluding hydrogens is 258 g/mol. The maximum atomic E-state index is 9.18. The molecule has 0 radical (unpaired) electrons. The lowest BCUT2D eigenvalue weighted by Gasteiger charge is -2.20. The van der Waals surface area contributed by atoms with Gasteiger partial charge in [0.15, 0.2) is 5.82 Å². The van der Waals surface area contributed by atoms with Gasteiger partial charge in [-0.25, -0.2) is 0 Å². The summed E-state index contributed by atoms with van der Waals surface area (Å²) >= 11 is 0. The molecule has 0 atom stereocenters. The fraction of sp³-hybridized carbons (Fsp3) is 0.429. The number of rotatable bonds is 7. The Balaban J connectivity index is 2.08. The molecule has 20 heavy (non-hydrogen) atoms. The molecule has 2 rings (SSSR count). The summed E-state index contributed by atoms with van der Waals surface area (Å²) in [6.45, 7) is 3.52. The van der Waals surface area contributed by atoms with E-state index in [-0.39, 0.29) is 6.61 Å². The van der Waals surface area contributed by atoms with Crippen molar-refractivity contribution < 1.29 is 14.4 Å². The van der Waals surface area contributed by atoms with E-state index in [4.69, 9.17) is 9.26 Å². The largest absolute Gasteiger partial charge is 0.496 e. The normalized spacial score (nSPS) is 11.0. The van der Waals surface area contributed by atoms with Gasteiger partial charge in [-0.3, -0.25) is 4.90 Å². The van der Waals surface area contributed by atoms with Crippen LogP contribution in [0.2, 0.25) is 0 Å². The highest BCUT2D eigenvalue weighted by Gasteiger charge is 2.13. The lowest BCUT2D eigenvalue weighted by molar-refractivity contribution is 0.166. The van der Waals surface area contributed by atoms with Crippen molar-refractivity contribution in [1.82, 2.24) is 15.0 Å². The van der Waals surface area contributed by atoms with Crippen LogP contribution in [0.1, 0.15) is 17.3 Å². The number of benzene rings is 1. The van der Waals surface area contributed by atoms with Gasteiger partial charge in [-0.2, -0.15) is 4.98 Å². The van der Waals surface area contributed by atoms with Crippen LogP contribution in [0, 0.1) is 6.92 Å². The molecule has 0 unspecified atom stereocenters. The molecule has 2 aromatic rings. The minimum absolute atomic E-state index is 0.0717. The third kappa shape index (κ3) is 3.79. The molecule has 1 aromatic carbocycles. The highest BCUT2D eigenvalue weighted by Crippen LogP contribution is 2.19. The highest BCUT2D eigenvalue weighted by molar-refractivity contribution is 5.33. The van der Waals surface area contributed by atoms with Crippen LogP contribution in [0.4, 0.5) is 0 Å². The van der Waals surface area contributed by atoms with Gasteiger partial charge in [0.25, 0.3) is 0 Å². The summed E-state index contributed by atoms with van der Waals surface area (Å²) in [7, 11) is 1.65. The molecule has 6 heteroatoms. The van der Waals surface area contributed by atoms with Gasteiger partial charge in [0.1, 0.15) is 5.75 Å². The first-order valence-corrected chi connectivity index (χ1v) is 6.47. The number of ether oxygens (including phenoxy) is 1. The van der Waals surface area contributed by atoms with Gasteiger partial charge in [0.2, 0.25) is 5.89 Å². The van der Waals surface area contributed by atoms with Crippen LogP contribution in [-0.2, 0) is 13.1 Å². The molecule has 1 aromatic heterocycles. The van der Waals surface area contributed by atoms with Gasteiger partial charge in [-0.1, -0.05) is 23.4 Å². The van der Waals surface area contributed by atoms with Crippen LogP contribution in [-0.4, -0.2) is 40.4 Å². The molecule has 0 bridgehead atoms. The Hall–Kier alpha value is -1.92. The van der Waals surface area contributed by atoms with Gasteiger partial charge < -0.3 is 14.4 Å². The maximum Gasteiger partial charge on any atom is 0.240 e. The van der Waals surface area contributed by atoms with E-state index in [2.05, 4.69) is 10.1 Å². The van der Waals surface area contributed by atoms with Crippen molar-refractivity contribution in [1.29, 1.82) is 0 Å². The Bertz CT molecular complexity index is 542. The Morgan fingerprint density at radius 1 is 1.30 bits per heavy atom. The molecule has 0 aliphatic rings. The van der Waals surface area contributed by atoms with Crippen molar-refractivity contribution in [2.75, 3.05) is 20.3 Å². The molecule has 1 N–H and O–H groups in total. The average Bonchev–Trinajstić information content (AvgIpc) is 2.85. The quantitative estimate of drug-likeness (QED) is 0.824. The van der Waals surface area contributed by atoms with Crippen LogP contribution < -0.4 is 4.74 Å². The third-order valence-electron chi connectivity index (χ3n) is 2.93. The molecule has 0 saturated carbocycles. The van der Waals surface area contributed by atoms with Gasteiger partial charge in [0, 0.05) is 18.7 Å². The molecule has 0 aliphatic carbocycles. The van der Waals surface area contributed by atoms with E-state index in [0.717, 1.165) is 11.3 Å². The van der Waals surface area contributed by atoms with Crippen LogP contribution >= 0.6 is 0 Å². The summed E-state index contributed by atoms with van der Waals surface area (Å²) < 4.78 is 10.5. The van der Waals surface area contributed by atoms with E-state index in [1.807, 2.05) is 29.2 Å².